The van der Waals surface area contributed by atoms with Crippen LogP contribution in [-0.4, -0.2) is 11.2 Å². The van der Waals surface area contributed by atoms with Crippen LogP contribution in [0.3, 0.4) is 0 Å². The van der Waals surface area contributed by atoms with E-state index in [4.69, 9.17) is 0 Å². The lowest BCUT2D eigenvalue weighted by Crippen LogP contribution is -2.39. The van der Waals surface area contributed by atoms with Gasteiger partial charge in [0.05, 0.1) is 6.10 Å². The molecule has 0 radical (unpaired) electrons. The van der Waals surface area contributed by atoms with E-state index >= 15 is 0 Å². The molecule has 1 atom stereocenters. The van der Waals surface area contributed by atoms with E-state index in [1.807, 2.05) is 6.92 Å². The second-order valence-corrected chi connectivity index (χ2v) is 4.71. The van der Waals surface area contributed by atoms with Crippen LogP contribution in [0.5, 0.6) is 0 Å². The van der Waals surface area contributed by atoms with Crippen LogP contribution in [0.2, 0.25) is 0 Å². The van der Waals surface area contributed by atoms with Crippen molar-refractivity contribution in [2.24, 2.45) is 5.41 Å². The molecule has 1 N–H and O–H groups in total. The smallest absolute Gasteiger partial charge is 0.0568 e. The first kappa shape index (κ1) is 10.8. The monoisotopic (exact) mass is 182 g/mol. The van der Waals surface area contributed by atoms with Crippen LogP contribution < -0.4 is 0 Å². The molecule has 13 heavy (non-hydrogen) atoms. The Morgan fingerprint density at radius 1 is 1.46 bits per heavy atom. The van der Waals surface area contributed by atoms with Crippen LogP contribution >= 0.6 is 0 Å². The summed E-state index contributed by atoms with van der Waals surface area (Å²) in [7, 11) is 0. The first-order valence-corrected chi connectivity index (χ1v) is 5.38. The van der Waals surface area contributed by atoms with Gasteiger partial charge in [0.2, 0.25) is 0 Å². The highest BCUT2D eigenvalue weighted by Gasteiger charge is 2.40. The maximum Gasteiger partial charge on any atom is 0.0568 e. The van der Waals surface area contributed by atoms with E-state index in [1.165, 1.54) is 24.8 Å². The maximum atomic E-state index is 9.67. The molecule has 1 rings (SSSR count). The minimum Gasteiger partial charge on any atom is -0.393 e. The molecule has 0 aromatic carbocycles. The molecule has 0 heterocycles. The molecule has 0 aromatic heterocycles. The summed E-state index contributed by atoms with van der Waals surface area (Å²) in [5.41, 5.74) is 1.66. The Bertz CT molecular complexity index is 183. The third kappa shape index (κ3) is 2.57. The molecular formula is C12H22O. The van der Waals surface area contributed by atoms with Crippen molar-refractivity contribution >= 4 is 0 Å². The fourth-order valence-electron chi connectivity index (χ4n) is 2.16. The van der Waals surface area contributed by atoms with Gasteiger partial charge in [0.15, 0.2) is 0 Å². The van der Waals surface area contributed by atoms with Gasteiger partial charge in [0.25, 0.3) is 0 Å². The van der Waals surface area contributed by atoms with Crippen molar-refractivity contribution in [3.63, 3.8) is 0 Å². The standard InChI is InChI=1S/C12H22O/c1-10(2)6-4-7-12(11(3)13)8-5-9-12/h6,11,13H,4-5,7-9H2,1-3H3/t11-/m0/s1. The highest BCUT2D eigenvalue weighted by atomic mass is 16.3. The topological polar surface area (TPSA) is 20.2 Å². The molecular weight excluding hydrogens is 160 g/mol. The Hall–Kier alpha value is -0.300. The highest BCUT2D eigenvalue weighted by Crippen LogP contribution is 2.47. The zero-order valence-electron chi connectivity index (χ0n) is 9.14. The highest BCUT2D eigenvalue weighted by molar-refractivity contribution is 4.97. The number of aliphatic hydroxyl groups excluding tert-OH is 1. The Balaban J connectivity index is 2.37. The van der Waals surface area contributed by atoms with E-state index in [0.29, 0.717) is 0 Å². The number of hydrogen-bond acceptors (Lipinski definition) is 1. The van der Waals surface area contributed by atoms with Crippen molar-refractivity contribution in [1.29, 1.82) is 0 Å². The summed E-state index contributed by atoms with van der Waals surface area (Å²) in [6.07, 6.45) is 8.21. The van der Waals surface area contributed by atoms with E-state index in [2.05, 4.69) is 19.9 Å². The van der Waals surface area contributed by atoms with Crippen molar-refractivity contribution < 1.29 is 5.11 Å². The molecule has 1 aliphatic rings. The van der Waals surface area contributed by atoms with Crippen LogP contribution in [0.25, 0.3) is 0 Å². The second kappa shape index (κ2) is 4.28. The molecule has 1 heteroatoms. The SMILES string of the molecule is CC(C)=CCCC1([C@H](C)O)CCC1. The van der Waals surface area contributed by atoms with E-state index in [1.54, 1.807) is 0 Å². The van der Waals surface area contributed by atoms with Gasteiger partial charge < -0.3 is 5.11 Å². The van der Waals surface area contributed by atoms with Gasteiger partial charge >= 0.3 is 0 Å². The first-order chi connectivity index (χ1) is 6.07. The zero-order chi connectivity index (χ0) is 9.90. The summed E-state index contributed by atoms with van der Waals surface area (Å²) in [5.74, 6) is 0. The number of aliphatic hydroxyl groups is 1. The van der Waals surface area contributed by atoms with E-state index in [9.17, 15) is 5.11 Å². The van der Waals surface area contributed by atoms with Crippen molar-refractivity contribution in [1.82, 2.24) is 0 Å². The molecule has 0 aromatic rings. The van der Waals surface area contributed by atoms with Crippen molar-refractivity contribution in [3.05, 3.63) is 11.6 Å². The summed E-state index contributed by atoms with van der Waals surface area (Å²) < 4.78 is 0. The lowest BCUT2D eigenvalue weighted by atomic mass is 9.63. The molecule has 1 aliphatic carbocycles. The second-order valence-electron chi connectivity index (χ2n) is 4.71. The van der Waals surface area contributed by atoms with Crippen LogP contribution in [0.15, 0.2) is 11.6 Å². The van der Waals surface area contributed by atoms with E-state index in [0.717, 1.165) is 12.8 Å². The van der Waals surface area contributed by atoms with E-state index in [-0.39, 0.29) is 11.5 Å². The Morgan fingerprint density at radius 3 is 2.38 bits per heavy atom. The summed E-state index contributed by atoms with van der Waals surface area (Å²) in [6, 6.07) is 0. The summed E-state index contributed by atoms with van der Waals surface area (Å²) >= 11 is 0. The van der Waals surface area contributed by atoms with Crippen LogP contribution in [-0.2, 0) is 0 Å². The van der Waals surface area contributed by atoms with Gasteiger partial charge in [-0.2, -0.15) is 0 Å². The van der Waals surface area contributed by atoms with Crippen LogP contribution in [0.1, 0.15) is 52.9 Å². The third-order valence-corrected chi connectivity index (χ3v) is 3.43. The summed E-state index contributed by atoms with van der Waals surface area (Å²) in [5, 5.41) is 9.67. The predicted molar refractivity (Wildman–Crippen MR) is 56.6 cm³/mol. The van der Waals surface area contributed by atoms with Crippen LogP contribution in [0.4, 0.5) is 0 Å². The molecule has 0 saturated heterocycles. The molecule has 0 bridgehead atoms. The Morgan fingerprint density at radius 2 is 2.08 bits per heavy atom. The minimum absolute atomic E-state index is 0.119. The Kier molecular flexibility index (Phi) is 3.55. The molecule has 0 spiro atoms. The van der Waals surface area contributed by atoms with Gasteiger partial charge in [-0.15, -0.1) is 0 Å². The molecule has 1 nitrogen and oxygen atoms in total. The molecule has 0 unspecified atom stereocenters. The lowest BCUT2D eigenvalue weighted by Gasteiger charge is -2.44. The Labute approximate surface area is 81.9 Å². The number of rotatable bonds is 4. The van der Waals surface area contributed by atoms with Gasteiger partial charge in [-0.05, 0) is 51.9 Å². The van der Waals surface area contributed by atoms with Gasteiger partial charge in [-0.1, -0.05) is 18.1 Å². The van der Waals surface area contributed by atoms with Crippen molar-refractivity contribution in [3.8, 4) is 0 Å². The average Bonchev–Trinajstić information content (AvgIpc) is 1.93. The number of hydrogen-bond donors (Lipinski definition) is 1. The zero-order valence-corrected chi connectivity index (χ0v) is 9.14. The van der Waals surface area contributed by atoms with Gasteiger partial charge in [0, 0.05) is 0 Å². The molecule has 76 valence electrons. The minimum atomic E-state index is -0.119. The molecule has 1 fully saturated rings. The van der Waals surface area contributed by atoms with Gasteiger partial charge in [0.1, 0.15) is 0 Å². The normalized spacial score (nSPS) is 21.8. The summed E-state index contributed by atoms with van der Waals surface area (Å²) in [4.78, 5) is 0. The molecule has 0 amide bonds. The fraction of sp³-hybridized carbons (Fsp3) is 0.833. The quantitative estimate of drug-likeness (QED) is 0.661. The third-order valence-electron chi connectivity index (χ3n) is 3.43. The average molecular weight is 182 g/mol. The van der Waals surface area contributed by atoms with Crippen molar-refractivity contribution in [2.45, 2.75) is 59.0 Å². The van der Waals surface area contributed by atoms with E-state index < -0.39 is 0 Å². The number of allylic oxidation sites excluding steroid dienone is 2. The largest absolute Gasteiger partial charge is 0.393 e. The summed E-state index contributed by atoms with van der Waals surface area (Å²) in [6.45, 7) is 6.22. The first-order valence-electron chi connectivity index (χ1n) is 5.38. The van der Waals surface area contributed by atoms with Gasteiger partial charge in [-0.3, -0.25) is 0 Å². The fourth-order valence-corrected chi connectivity index (χ4v) is 2.16. The van der Waals surface area contributed by atoms with Crippen molar-refractivity contribution in [2.75, 3.05) is 0 Å². The molecule has 0 aliphatic heterocycles. The van der Waals surface area contributed by atoms with Gasteiger partial charge in [-0.25, -0.2) is 0 Å². The maximum absolute atomic E-state index is 9.67. The van der Waals surface area contributed by atoms with Crippen LogP contribution in [0, 0.1) is 5.41 Å². The molecule has 1 saturated carbocycles. The predicted octanol–water partition coefficient (Wildman–Crippen LogP) is 3.28. The lowest BCUT2D eigenvalue weighted by molar-refractivity contribution is -0.0289.